The Labute approximate surface area is 129 Å². The minimum atomic E-state index is -3.20. The van der Waals surface area contributed by atoms with Crippen molar-refractivity contribution in [3.8, 4) is 0 Å². The smallest absolute Gasteiger partial charge is 0.334 e. The zero-order valence-corrected chi connectivity index (χ0v) is 13.1. The van der Waals surface area contributed by atoms with E-state index < -0.39 is 33.2 Å². The molecule has 2 rings (SSSR count). The fraction of sp³-hybridized carbons (Fsp3) is 0.467. The molecule has 2 atom stereocenters. The monoisotopic (exact) mass is 325 g/mol. The third-order valence-corrected chi connectivity index (χ3v) is 5.87. The highest BCUT2D eigenvalue weighted by Gasteiger charge is 2.43. The van der Waals surface area contributed by atoms with E-state index in [1.54, 1.807) is 37.3 Å². The van der Waals surface area contributed by atoms with Gasteiger partial charge in [-0.15, -0.1) is 0 Å². The summed E-state index contributed by atoms with van der Waals surface area (Å²) in [6.45, 7) is 1.67. The molecule has 0 radical (unpaired) electrons. The minimum absolute atomic E-state index is 0.0252. The second-order valence-electron chi connectivity index (χ2n) is 5.52. The highest BCUT2D eigenvalue weighted by molar-refractivity contribution is 7.91. The molecule has 1 aromatic rings. The summed E-state index contributed by atoms with van der Waals surface area (Å²) >= 11 is 0. The van der Waals surface area contributed by atoms with E-state index in [0.717, 1.165) is 0 Å². The topological polar surface area (TPSA) is 101 Å². The van der Waals surface area contributed by atoms with Crippen molar-refractivity contribution < 1.29 is 23.1 Å². The molecule has 22 heavy (non-hydrogen) atoms. The Morgan fingerprint density at radius 1 is 1.32 bits per heavy atom. The minimum Gasteiger partial charge on any atom is -0.479 e. The summed E-state index contributed by atoms with van der Waals surface area (Å²) in [7, 11) is -3.20. The maximum absolute atomic E-state index is 12.3. The number of rotatable bonds is 5. The van der Waals surface area contributed by atoms with Gasteiger partial charge in [-0.2, -0.15) is 0 Å². The highest BCUT2D eigenvalue weighted by Crippen LogP contribution is 2.27. The van der Waals surface area contributed by atoms with Crippen LogP contribution in [0.2, 0.25) is 0 Å². The van der Waals surface area contributed by atoms with Crippen LogP contribution in [0.15, 0.2) is 30.3 Å². The second-order valence-corrected chi connectivity index (χ2v) is 7.75. The predicted octanol–water partition coefficient (Wildman–Crippen LogP) is 0.927. The molecule has 0 aliphatic carbocycles. The summed E-state index contributed by atoms with van der Waals surface area (Å²) in [4.78, 5) is 24.1. The molecule has 6 nitrogen and oxygen atoms in total. The van der Waals surface area contributed by atoms with Crippen LogP contribution in [0.5, 0.6) is 0 Å². The van der Waals surface area contributed by atoms with Crippen LogP contribution in [0.4, 0.5) is 0 Å². The maximum Gasteiger partial charge on any atom is 0.334 e. The Morgan fingerprint density at radius 3 is 2.41 bits per heavy atom. The summed E-state index contributed by atoms with van der Waals surface area (Å²) < 4.78 is 23.0. The van der Waals surface area contributed by atoms with Crippen molar-refractivity contribution >= 4 is 21.7 Å². The number of amides is 1. The molecule has 1 amide bonds. The van der Waals surface area contributed by atoms with Gasteiger partial charge in [0.05, 0.1) is 17.4 Å². The molecule has 120 valence electrons. The summed E-state index contributed by atoms with van der Waals surface area (Å²) in [5.41, 5.74) is -1.07. The van der Waals surface area contributed by atoms with E-state index in [-0.39, 0.29) is 24.3 Å². The van der Waals surface area contributed by atoms with Crippen LogP contribution in [0.3, 0.4) is 0 Å². The SMILES string of the molecule is CCC(NC(=O)C1CCS(=O)(=O)C1)(C(=O)O)c1ccccc1. The van der Waals surface area contributed by atoms with Gasteiger partial charge in [0.25, 0.3) is 0 Å². The van der Waals surface area contributed by atoms with Gasteiger partial charge >= 0.3 is 5.97 Å². The fourth-order valence-corrected chi connectivity index (χ4v) is 4.47. The molecule has 0 aromatic heterocycles. The molecule has 0 bridgehead atoms. The third-order valence-electron chi connectivity index (χ3n) is 4.10. The first kappa shape index (κ1) is 16.5. The molecule has 0 spiro atoms. The average Bonchev–Trinajstić information content (AvgIpc) is 2.85. The molecule has 1 fully saturated rings. The van der Waals surface area contributed by atoms with Gasteiger partial charge in [0, 0.05) is 0 Å². The number of nitrogens with one attached hydrogen (secondary N) is 1. The number of aliphatic carboxylic acids is 1. The standard InChI is InChI=1S/C15H19NO5S/c1-2-15(14(18)19,12-6-4-3-5-7-12)16-13(17)11-8-9-22(20,21)10-11/h3-7,11H,2,8-10H2,1H3,(H,16,17)(H,18,19). The van der Waals surface area contributed by atoms with Gasteiger partial charge in [-0.1, -0.05) is 37.3 Å². The number of carboxylic acid groups (broad SMARTS) is 1. The van der Waals surface area contributed by atoms with E-state index in [2.05, 4.69) is 5.32 Å². The van der Waals surface area contributed by atoms with Gasteiger partial charge in [0.1, 0.15) is 0 Å². The highest BCUT2D eigenvalue weighted by atomic mass is 32.2. The Balaban J connectivity index is 2.28. The number of carbonyl (C=O) groups excluding carboxylic acids is 1. The summed E-state index contributed by atoms with van der Waals surface area (Å²) in [5, 5.41) is 12.2. The Bertz CT molecular complexity index is 670. The zero-order valence-electron chi connectivity index (χ0n) is 12.3. The van der Waals surface area contributed by atoms with E-state index in [4.69, 9.17) is 0 Å². The molecule has 1 heterocycles. The van der Waals surface area contributed by atoms with E-state index in [0.29, 0.717) is 5.56 Å². The summed E-state index contributed by atoms with van der Waals surface area (Å²) in [6, 6.07) is 8.45. The largest absolute Gasteiger partial charge is 0.479 e. The van der Waals surface area contributed by atoms with Crippen LogP contribution < -0.4 is 5.32 Å². The molecule has 0 saturated carbocycles. The van der Waals surface area contributed by atoms with E-state index in [9.17, 15) is 23.1 Å². The molecule has 2 unspecified atom stereocenters. The van der Waals surface area contributed by atoms with Crippen LogP contribution in [0.1, 0.15) is 25.3 Å². The van der Waals surface area contributed by atoms with Crippen LogP contribution in [-0.2, 0) is 25.0 Å². The van der Waals surface area contributed by atoms with Crippen LogP contribution >= 0.6 is 0 Å². The Morgan fingerprint density at radius 2 is 1.95 bits per heavy atom. The molecular weight excluding hydrogens is 306 g/mol. The lowest BCUT2D eigenvalue weighted by Crippen LogP contribution is -2.53. The molecule has 7 heteroatoms. The van der Waals surface area contributed by atoms with Crippen LogP contribution in [0.25, 0.3) is 0 Å². The molecule has 2 N–H and O–H groups in total. The lowest BCUT2D eigenvalue weighted by molar-refractivity contribution is -0.149. The van der Waals surface area contributed by atoms with Gasteiger partial charge in [0.2, 0.25) is 5.91 Å². The number of sulfone groups is 1. The first-order valence-electron chi connectivity index (χ1n) is 7.12. The first-order valence-corrected chi connectivity index (χ1v) is 8.94. The second kappa shape index (κ2) is 6.08. The van der Waals surface area contributed by atoms with E-state index in [1.165, 1.54) is 0 Å². The lowest BCUT2D eigenvalue weighted by atomic mass is 9.86. The van der Waals surface area contributed by atoms with E-state index in [1.807, 2.05) is 0 Å². The van der Waals surface area contributed by atoms with Gasteiger partial charge < -0.3 is 10.4 Å². The predicted molar refractivity (Wildman–Crippen MR) is 81.0 cm³/mol. The van der Waals surface area contributed by atoms with Crippen LogP contribution in [-0.4, -0.2) is 36.9 Å². The van der Waals surface area contributed by atoms with Gasteiger partial charge in [-0.25, -0.2) is 13.2 Å². The fourth-order valence-electron chi connectivity index (χ4n) is 2.73. The number of benzene rings is 1. The van der Waals surface area contributed by atoms with Gasteiger partial charge in [-0.05, 0) is 18.4 Å². The van der Waals surface area contributed by atoms with Crippen molar-refractivity contribution in [3.05, 3.63) is 35.9 Å². The first-order chi connectivity index (χ1) is 10.3. The zero-order chi connectivity index (χ0) is 16.4. The molecule has 1 aromatic carbocycles. The van der Waals surface area contributed by atoms with E-state index >= 15 is 0 Å². The molecule has 1 aliphatic heterocycles. The lowest BCUT2D eigenvalue weighted by Gasteiger charge is -2.31. The van der Waals surface area contributed by atoms with Crippen molar-refractivity contribution in [1.82, 2.24) is 5.32 Å². The van der Waals surface area contributed by atoms with Crippen molar-refractivity contribution in [1.29, 1.82) is 0 Å². The summed E-state index contributed by atoms with van der Waals surface area (Å²) in [5.74, 6) is -2.60. The van der Waals surface area contributed by atoms with Crippen molar-refractivity contribution in [2.45, 2.75) is 25.3 Å². The van der Waals surface area contributed by atoms with Crippen molar-refractivity contribution in [2.24, 2.45) is 5.92 Å². The normalized spacial score (nSPS) is 22.7. The van der Waals surface area contributed by atoms with Crippen LogP contribution in [0, 0.1) is 5.92 Å². The summed E-state index contributed by atoms with van der Waals surface area (Å²) in [6.07, 6.45) is 0.403. The molecule has 1 aliphatic rings. The number of hydrogen-bond donors (Lipinski definition) is 2. The van der Waals surface area contributed by atoms with Gasteiger partial charge in [-0.3, -0.25) is 4.79 Å². The molecule has 1 saturated heterocycles. The maximum atomic E-state index is 12.3. The van der Waals surface area contributed by atoms with Crippen molar-refractivity contribution in [3.63, 3.8) is 0 Å². The third kappa shape index (κ3) is 3.14. The quantitative estimate of drug-likeness (QED) is 0.838. The Kier molecular flexibility index (Phi) is 4.55. The number of carbonyl (C=O) groups is 2. The van der Waals surface area contributed by atoms with Gasteiger partial charge in [0.15, 0.2) is 15.4 Å². The Hall–Kier alpha value is -1.89. The average molecular weight is 325 g/mol. The molecular formula is C15H19NO5S. The number of carboxylic acids is 1. The van der Waals surface area contributed by atoms with Crippen molar-refractivity contribution in [2.75, 3.05) is 11.5 Å². The number of hydrogen-bond acceptors (Lipinski definition) is 4.